The standard InChI is InChI=1S/C21H17NO/c23-21-19(16-10-4-1-5-11-16)20(17-12-6-2-7-13-17)22(21)18-14-8-3-9-15-18/h1-15,19-20H. The van der Waals surface area contributed by atoms with E-state index >= 15 is 0 Å². The molecular weight excluding hydrogens is 282 g/mol. The number of anilines is 1. The molecule has 2 atom stereocenters. The van der Waals surface area contributed by atoms with Crippen molar-refractivity contribution in [1.82, 2.24) is 0 Å². The Morgan fingerprint density at radius 2 is 1.09 bits per heavy atom. The Morgan fingerprint density at radius 3 is 1.65 bits per heavy atom. The number of β-lactam (4-membered cyclic amide) rings is 1. The van der Waals surface area contributed by atoms with Crippen LogP contribution in [0.4, 0.5) is 5.69 Å². The molecule has 23 heavy (non-hydrogen) atoms. The number of carbonyl (C=O) groups is 1. The largest absolute Gasteiger partial charge is 0.303 e. The van der Waals surface area contributed by atoms with E-state index < -0.39 is 0 Å². The van der Waals surface area contributed by atoms with Crippen LogP contribution in [0, 0.1) is 0 Å². The first kappa shape index (κ1) is 13.8. The van der Waals surface area contributed by atoms with Crippen molar-refractivity contribution >= 4 is 11.6 Å². The smallest absolute Gasteiger partial charge is 0.237 e. The fraction of sp³-hybridized carbons (Fsp3) is 0.0952. The number of hydrogen-bond acceptors (Lipinski definition) is 1. The van der Waals surface area contributed by atoms with Crippen LogP contribution in [-0.2, 0) is 4.79 Å². The van der Waals surface area contributed by atoms with Gasteiger partial charge < -0.3 is 4.90 Å². The number of rotatable bonds is 3. The van der Waals surface area contributed by atoms with E-state index in [0.29, 0.717) is 0 Å². The van der Waals surface area contributed by atoms with Crippen LogP contribution in [0.15, 0.2) is 91.0 Å². The maximum Gasteiger partial charge on any atom is 0.237 e. The highest BCUT2D eigenvalue weighted by Gasteiger charge is 2.49. The molecule has 0 aromatic heterocycles. The van der Waals surface area contributed by atoms with Crippen LogP contribution in [0.1, 0.15) is 23.1 Å². The summed E-state index contributed by atoms with van der Waals surface area (Å²) >= 11 is 0. The number of amides is 1. The summed E-state index contributed by atoms with van der Waals surface area (Å²) in [5.41, 5.74) is 3.21. The van der Waals surface area contributed by atoms with Gasteiger partial charge in [-0.25, -0.2) is 0 Å². The van der Waals surface area contributed by atoms with Crippen molar-refractivity contribution in [1.29, 1.82) is 0 Å². The second-order valence-corrected chi connectivity index (χ2v) is 5.79. The van der Waals surface area contributed by atoms with E-state index in [1.807, 2.05) is 83.8 Å². The van der Waals surface area contributed by atoms with Gasteiger partial charge in [-0.1, -0.05) is 78.9 Å². The Balaban J connectivity index is 1.78. The van der Waals surface area contributed by atoms with Gasteiger partial charge in [-0.05, 0) is 23.3 Å². The Labute approximate surface area is 136 Å². The number of nitrogens with zero attached hydrogens (tertiary/aromatic N) is 1. The third kappa shape index (κ3) is 2.33. The first-order valence-electron chi connectivity index (χ1n) is 7.84. The van der Waals surface area contributed by atoms with Crippen LogP contribution < -0.4 is 4.90 Å². The lowest BCUT2D eigenvalue weighted by atomic mass is 9.77. The zero-order chi connectivity index (χ0) is 15.6. The monoisotopic (exact) mass is 299 g/mol. The molecule has 3 aromatic carbocycles. The van der Waals surface area contributed by atoms with Crippen molar-refractivity contribution < 1.29 is 4.79 Å². The predicted octanol–water partition coefficient (Wildman–Crippen LogP) is 4.56. The van der Waals surface area contributed by atoms with Crippen LogP contribution >= 0.6 is 0 Å². The van der Waals surface area contributed by atoms with Gasteiger partial charge in [0, 0.05) is 5.69 Å². The average Bonchev–Trinajstić information content (AvgIpc) is 2.62. The highest BCUT2D eigenvalue weighted by Crippen LogP contribution is 2.48. The van der Waals surface area contributed by atoms with Crippen molar-refractivity contribution in [3.05, 3.63) is 102 Å². The van der Waals surface area contributed by atoms with Gasteiger partial charge in [0.1, 0.15) is 0 Å². The molecular formula is C21H17NO. The molecule has 1 amide bonds. The van der Waals surface area contributed by atoms with Gasteiger partial charge >= 0.3 is 0 Å². The minimum absolute atomic E-state index is 0.0495. The fourth-order valence-corrected chi connectivity index (χ4v) is 3.34. The molecule has 0 radical (unpaired) electrons. The predicted molar refractivity (Wildman–Crippen MR) is 92.3 cm³/mol. The third-order valence-electron chi connectivity index (χ3n) is 4.43. The van der Waals surface area contributed by atoms with E-state index in [2.05, 4.69) is 12.1 Å². The molecule has 0 saturated carbocycles. The zero-order valence-corrected chi connectivity index (χ0v) is 12.7. The molecule has 1 fully saturated rings. The van der Waals surface area contributed by atoms with Gasteiger partial charge in [-0.3, -0.25) is 4.79 Å². The number of carbonyl (C=O) groups excluding carboxylic acids is 1. The van der Waals surface area contributed by atoms with Crippen molar-refractivity contribution in [2.24, 2.45) is 0 Å². The Morgan fingerprint density at radius 1 is 0.609 bits per heavy atom. The SMILES string of the molecule is O=C1C(c2ccccc2)C(c2ccccc2)N1c1ccccc1. The number of hydrogen-bond donors (Lipinski definition) is 0. The van der Waals surface area contributed by atoms with E-state index in [4.69, 9.17) is 0 Å². The zero-order valence-electron chi connectivity index (χ0n) is 12.7. The normalized spacial score (nSPS) is 20.2. The van der Waals surface area contributed by atoms with Crippen molar-refractivity contribution in [2.45, 2.75) is 12.0 Å². The molecule has 0 spiro atoms. The Bertz CT molecular complexity index is 750. The van der Waals surface area contributed by atoms with E-state index in [0.717, 1.165) is 11.3 Å². The summed E-state index contributed by atoms with van der Waals surface area (Å²) < 4.78 is 0. The maximum absolute atomic E-state index is 12.9. The summed E-state index contributed by atoms with van der Waals surface area (Å²) in [6.07, 6.45) is 0. The molecule has 0 bridgehead atoms. The quantitative estimate of drug-likeness (QED) is 0.649. The van der Waals surface area contributed by atoms with E-state index in [1.165, 1.54) is 5.56 Å². The minimum atomic E-state index is -0.112. The highest BCUT2D eigenvalue weighted by molar-refractivity contribution is 6.06. The molecule has 0 aliphatic carbocycles. The van der Waals surface area contributed by atoms with Gasteiger partial charge in [0.15, 0.2) is 0 Å². The van der Waals surface area contributed by atoms with Crippen LogP contribution in [0.5, 0.6) is 0 Å². The van der Waals surface area contributed by atoms with Crippen LogP contribution in [-0.4, -0.2) is 5.91 Å². The van der Waals surface area contributed by atoms with Crippen LogP contribution in [0.3, 0.4) is 0 Å². The van der Waals surface area contributed by atoms with Gasteiger partial charge in [-0.2, -0.15) is 0 Å². The van der Waals surface area contributed by atoms with Gasteiger partial charge in [-0.15, -0.1) is 0 Å². The molecule has 1 saturated heterocycles. The Hall–Kier alpha value is -2.87. The topological polar surface area (TPSA) is 20.3 Å². The molecule has 2 unspecified atom stereocenters. The summed E-state index contributed by atoms with van der Waals surface area (Å²) in [6.45, 7) is 0. The van der Waals surface area contributed by atoms with Crippen LogP contribution in [0.2, 0.25) is 0 Å². The van der Waals surface area contributed by atoms with E-state index in [-0.39, 0.29) is 17.9 Å². The first-order valence-corrected chi connectivity index (χ1v) is 7.84. The van der Waals surface area contributed by atoms with Gasteiger partial charge in [0.05, 0.1) is 12.0 Å². The first-order chi connectivity index (χ1) is 11.4. The number of para-hydroxylation sites is 1. The molecule has 1 aliphatic heterocycles. The summed E-state index contributed by atoms with van der Waals surface area (Å²) in [5.74, 6) is 0.0510. The lowest BCUT2D eigenvalue weighted by molar-refractivity contribution is -0.126. The molecule has 3 aromatic rings. The van der Waals surface area contributed by atoms with E-state index in [1.54, 1.807) is 0 Å². The summed E-state index contributed by atoms with van der Waals surface area (Å²) in [5, 5.41) is 0. The van der Waals surface area contributed by atoms with Crippen LogP contribution in [0.25, 0.3) is 0 Å². The Kier molecular flexibility index (Phi) is 3.43. The fourth-order valence-electron chi connectivity index (χ4n) is 3.34. The number of benzene rings is 3. The summed E-state index contributed by atoms with van der Waals surface area (Å²) in [6, 6.07) is 30.3. The lowest BCUT2D eigenvalue weighted by Gasteiger charge is -2.47. The molecule has 2 heteroatoms. The second-order valence-electron chi connectivity index (χ2n) is 5.79. The molecule has 0 N–H and O–H groups in total. The molecule has 1 heterocycles. The maximum atomic E-state index is 12.9. The second kappa shape index (κ2) is 5.73. The third-order valence-corrected chi connectivity index (χ3v) is 4.43. The summed E-state index contributed by atoms with van der Waals surface area (Å²) in [7, 11) is 0. The molecule has 2 nitrogen and oxygen atoms in total. The molecule has 112 valence electrons. The van der Waals surface area contributed by atoms with Gasteiger partial charge in [0.25, 0.3) is 0 Å². The van der Waals surface area contributed by atoms with Gasteiger partial charge in [0.2, 0.25) is 5.91 Å². The van der Waals surface area contributed by atoms with Crippen molar-refractivity contribution in [3.8, 4) is 0 Å². The lowest BCUT2D eigenvalue weighted by Crippen LogP contribution is -2.53. The van der Waals surface area contributed by atoms with Crippen molar-refractivity contribution in [2.75, 3.05) is 4.90 Å². The summed E-state index contributed by atoms with van der Waals surface area (Å²) in [4.78, 5) is 14.8. The van der Waals surface area contributed by atoms with Crippen molar-refractivity contribution in [3.63, 3.8) is 0 Å². The average molecular weight is 299 g/mol. The minimum Gasteiger partial charge on any atom is -0.303 e. The highest BCUT2D eigenvalue weighted by atomic mass is 16.2. The molecule has 4 rings (SSSR count). The van der Waals surface area contributed by atoms with E-state index in [9.17, 15) is 4.79 Å². The molecule has 1 aliphatic rings.